The topological polar surface area (TPSA) is 55.5 Å². The van der Waals surface area contributed by atoms with Gasteiger partial charge in [-0.2, -0.15) is 0 Å². The fraction of sp³-hybridized carbons (Fsp3) is 0.333. The van der Waals surface area contributed by atoms with Gasteiger partial charge in [0.05, 0.1) is 11.1 Å². The third-order valence-electron chi connectivity index (χ3n) is 2.18. The molecule has 76 valence electrons. The van der Waals surface area contributed by atoms with Gasteiger partial charge in [-0.3, -0.25) is 0 Å². The Bertz CT molecular complexity index is 370. The summed E-state index contributed by atoms with van der Waals surface area (Å²) in [5.41, 5.74) is 6.19. The maximum absolute atomic E-state index is 9.76. The van der Waals surface area contributed by atoms with Gasteiger partial charge in [0, 0.05) is 10.6 Å². The van der Waals surface area contributed by atoms with Gasteiger partial charge in [0.15, 0.2) is 0 Å². The first kappa shape index (κ1) is 10.1. The fourth-order valence-corrected chi connectivity index (χ4v) is 2.02. The number of aliphatic hydroxyl groups is 1. The third kappa shape index (κ3) is 1.57. The summed E-state index contributed by atoms with van der Waals surface area (Å²) in [5.74, 6) is 0.477. The molecule has 3 nitrogen and oxygen atoms in total. The Balaban J connectivity index is 2.54. The highest BCUT2D eigenvalue weighted by molar-refractivity contribution is 6.35. The van der Waals surface area contributed by atoms with E-state index in [1.807, 2.05) is 0 Å². The molecule has 0 saturated heterocycles. The third-order valence-corrected chi connectivity index (χ3v) is 2.68. The van der Waals surface area contributed by atoms with Crippen LogP contribution >= 0.6 is 23.2 Å². The van der Waals surface area contributed by atoms with E-state index in [1.165, 1.54) is 0 Å². The number of benzene rings is 1. The normalized spacial score (nSPS) is 25.4. The van der Waals surface area contributed by atoms with E-state index in [0.717, 1.165) is 0 Å². The molecule has 1 aliphatic heterocycles. The highest BCUT2D eigenvalue weighted by atomic mass is 35.5. The van der Waals surface area contributed by atoms with Gasteiger partial charge in [0.1, 0.15) is 18.5 Å². The van der Waals surface area contributed by atoms with E-state index in [9.17, 15) is 5.11 Å². The Labute approximate surface area is 91.4 Å². The van der Waals surface area contributed by atoms with Gasteiger partial charge in [-0.15, -0.1) is 0 Å². The average Bonchev–Trinajstić information content (AvgIpc) is 2.12. The number of rotatable bonds is 0. The van der Waals surface area contributed by atoms with Crippen LogP contribution in [0.15, 0.2) is 12.1 Å². The molecule has 2 atom stereocenters. The Morgan fingerprint density at radius 2 is 2.14 bits per heavy atom. The van der Waals surface area contributed by atoms with Crippen LogP contribution in [0.3, 0.4) is 0 Å². The summed E-state index contributed by atoms with van der Waals surface area (Å²) < 4.78 is 5.32. The van der Waals surface area contributed by atoms with Crippen molar-refractivity contribution in [3.63, 3.8) is 0 Å². The second-order valence-electron chi connectivity index (χ2n) is 3.23. The molecule has 0 bridgehead atoms. The van der Waals surface area contributed by atoms with Crippen molar-refractivity contribution in [2.75, 3.05) is 6.61 Å². The first-order chi connectivity index (χ1) is 6.59. The van der Waals surface area contributed by atoms with Gasteiger partial charge in [0.25, 0.3) is 0 Å². The van der Waals surface area contributed by atoms with Crippen molar-refractivity contribution in [3.05, 3.63) is 27.7 Å². The summed E-state index contributed by atoms with van der Waals surface area (Å²) in [6.07, 6.45) is -0.769. The van der Waals surface area contributed by atoms with Crippen LogP contribution in [-0.2, 0) is 0 Å². The minimum absolute atomic E-state index is 0.259. The molecule has 5 heteroatoms. The van der Waals surface area contributed by atoms with E-state index in [-0.39, 0.29) is 6.61 Å². The van der Waals surface area contributed by atoms with E-state index in [2.05, 4.69) is 0 Å². The van der Waals surface area contributed by atoms with Gasteiger partial charge < -0.3 is 15.6 Å². The highest BCUT2D eigenvalue weighted by Gasteiger charge is 2.28. The van der Waals surface area contributed by atoms with Crippen LogP contribution in [-0.4, -0.2) is 17.8 Å². The van der Waals surface area contributed by atoms with Crippen molar-refractivity contribution >= 4 is 23.2 Å². The molecule has 14 heavy (non-hydrogen) atoms. The van der Waals surface area contributed by atoms with E-state index in [1.54, 1.807) is 12.1 Å². The van der Waals surface area contributed by atoms with E-state index < -0.39 is 12.1 Å². The lowest BCUT2D eigenvalue weighted by molar-refractivity contribution is 0.0916. The monoisotopic (exact) mass is 233 g/mol. The molecule has 1 aromatic rings. The summed E-state index contributed by atoms with van der Waals surface area (Å²) in [6, 6.07) is 2.76. The van der Waals surface area contributed by atoms with Crippen molar-refractivity contribution in [2.45, 2.75) is 12.1 Å². The van der Waals surface area contributed by atoms with Crippen molar-refractivity contribution in [3.8, 4) is 5.75 Å². The molecular weight excluding hydrogens is 225 g/mol. The van der Waals surface area contributed by atoms with Crippen LogP contribution in [0.25, 0.3) is 0 Å². The first-order valence-corrected chi connectivity index (χ1v) is 4.90. The SMILES string of the molecule is N[C@H]1COc2c(Cl)cc(Cl)cc2[C@H]1O. The maximum Gasteiger partial charge on any atom is 0.143 e. The lowest BCUT2D eigenvalue weighted by Crippen LogP contribution is -2.38. The molecule has 0 aliphatic carbocycles. The zero-order valence-electron chi connectivity index (χ0n) is 7.21. The zero-order chi connectivity index (χ0) is 10.3. The van der Waals surface area contributed by atoms with Crippen LogP contribution in [0.4, 0.5) is 0 Å². The van der Waals surface area contributed by atoms with E-state index in [4.69, 9.17) is 33.7 Å². The predicted molar refractivity (Wildman–Crippen MR) is 54.9 cm³/mol. The van der Waals surface area contributed by atoms with Crippen LogP contribution in [0.5, 0.6) is 5.75 Å². The molecule has 2 rings (SSSR count). The quantitative estimate of drug-likeness (QED) is 0.718. The van der Waals surface area contributed by atoms with Gasteiger partial charge in [0.2, 0.25) is 0 Å². The summed E-state index contributed by atoms with van der Waals surface area (Å²) in [4.78, 5) is 0. The molecule has 0 aromatic heterocycles. The zero-order valence-corrected chi connectivity index (χ0v) is 8.72. The van der Waals surface area contributed by atoms with Gasteiger partial charge in [-0.25, -0.2) is 0 Å². The molecule has 0 unspecified atom stereocenters. The molecule has 1 aromatic carbocycles. The summed E-state index contributed by atoms with van der Waals surface area (Å²) in [5, 5.41) is 10.6. The van der Waals surface area contributed by atoms with Crippen LogP contribution < -0.4 is 10.5 Å². The average molecular weight is 234 g/mol. The Hall–Kier alpha value is -0.480. The molecule has 1 aliphatic rings. The lowest BCUT2D eigenvalue weighted by Gasteiger charge is -2.28. The van der Waals surface area contributed by atoms with Crippen molar-refractivity contribution in [1.29, 1.82) is 0 Å². The number of hydrogen-bond donors (Lipinski definition) is 2. The molecule has 0 radical (unpaired) electrons. The molecular formula is C9H9Cl2NO2. The number of halogens is 2. The van der Waals surface area contributed by atoms with Crippen LogP contribution in [0.2, 0.25) is 10.0 Å². The molecule has 0 fully saturated rings. The summed E-state index contributed by atoms with van der Waals surface area (Å²) >= 11 is 11.7. The highest BCUT2D eigenvalue weighted by Crippen LogP contribution is 2.39. The molecule has 3 N–H and O–H groups in total. The molecule has 0 spiro atoms. The van der Waals surface area contributed by atoms with Crippen LogP contribution in [0.1, 0.15) is 11.7 Å². The lowest BCUT2D eigenvalue weighted by atomic mass is 10.00. The first-order valence-electron chi connectivity index (χ1n) is 4.15. The standard InChI is InChI=1S/C9H9Cl2NO2/c10-4-1-5-8(13)7(12)3-14-9(5)6(11)2-4/h1-2,7-8,13H,3,12H2/t7-,8+/m0/s1. The predicted octanol–water partition coefficient (Wildman–Crippen LogP) is 1.75. The minimum Gasteiger partial charge on any atom is -0.490 e. The Morgan fingerprint density at radius 1 is 1.43 bits per heavy atom. The fourth-order valence-electron chi connectivity index (χ4n) is 1.45. The second kappa shape index (κ2) is 3.59. The van der Waals surface area contributed by atoms with Crippen molar-refractivity contribution in [2.24, 2.45) is 5.73 Å². The van der Waals surface area contributed by atoms with E-state index >= 15 is 0 Å². The van der Waals surface area contributed by atoms with Crippen molar-refractivity contribution < 1.29 is 9.84 Å². The summed E-state index contributed by atoms with van der Waals surface area (Å²) in [7, 11) is 0. The number of hydrogen-bond acceptors (Lipinski definition) is 3. The van der Waals surface area contributed by atoms with Gasteiger partial charge >= 0.3 is 0 Å². The minimum atomic E-state index is -0.769. The van der Waals surface area contributed by atoms with Crippen molar-refractivity contribution in [1.82, 2.24) is 0 Å². The van der Waals surface area contributed by atoms with Gasteiger partial charge in [-0.1, -0.05) is 23.2 Å². The molecule has 0 amide bonds. The number of fused-ring (bicyclic) bond motifs is 1. The van der Waals surface area contributed by atoms with Crippen LogP contribution in [0, 0.1) is 0 Å². The van der Waals surface area contributed by atoms with E-state index in [0.29, 0.717) is 21.4 Å². The Morgan fingerprint density at radius 3 is 2.86 bits per heavy atom. The maximum atomic E-state index is 9.76. The largest absolute Gasteiger partial charge is 0.490 e. The molecule has 1 heterocycles. The number of nitrogens with two attached hydrogens (primary N) is 1. The number of aliphatic hydroxyl groups excluding tert-OH is 1. The second-order valence-corrected chi connectivity index (χ2v) is 4.07. The smallest absolute Gasteiger partial charge is 0.143 e. The number of ether oxygens (including phenoxy) is 1. The summed E-state index contributed by atoms with van der Waals surface area (Å²) in [6.45, 7) is 0.259. The van der Waals surface area contributed by atoms with Gasteiger partial charge in [-0.05, 0) is 12.1 Å². The molecule has 0 saturated carbocycles. The Kier molecular flexibility index (Phi) is 2.58.